The Morgan fingerprint density at radius 3 is 2.93 bits per heavy atom. The SMILES string of the molecule is CCCCOCCNC1COCC1O. The zero-order valence-electron chi connectivity index (χ0n) is 8.87. The van der Waals surface area contributed by atoms with E-state index in [2.05, 4.69) is 12.2 Å². The van der Waals surface area contributed by atoms with Gasteiger partial charge in [0, 0.05) is 13.2 Å². The molecule has 0 aromatic heterocycles. The molecular weight excluding hydrogens is 182 g/mol. The molecule has 0 spiro atoms. The first kappa shape index (κ1) is 11.9. The molecule has 1 aliphatic heterocycles. The molecular formula is C10H21NO3. The maximum atomic E-state index is 9.40. The van der Waals surface area contributed by atoms with Gasteiger partial charge in [-0.3, -0.25) is 0 Å². The Morgan fingerprint density at radius 2 is 2.29 bits per heavy atom. The number of rotatable bonds is 7. The quantitative estimate of drug-likeness (QED) is 0.578. The molecule has 2 N–H and O–H groups in total. The molecule has 1 aliphatic rings. The van der Waals surface area contributed by atoms with Gasteiger partial charge in [-0.2, -0.15) is 0 Å². The van der Waals surface area contributed by atoms with Crippen molar-refractivity contribution in [3.05, 3.63) is 0 Å². The third-order valence-electron chi connectivity index (χ3n) is 2.35. The maximum Gasteiger partial charge on any atom is 0.0948 e. The lowest BCUT2D eigenvalue weighted by atomic mass is 10.2. The second-order valence-corrected chi connectivity index (χ2v) is 3.63. The van der Waals surface area contributed by atoms with E-state index in [1.54, 1.807) is 0 Å². The number of hydrogen-bond donors (Lipinski definition) is 2. The molecule has 1 fully saturated rings. The summed E-state index contributed by atoms with van der Waals surface area (Å²) in [5.41, 5.74) is 0. The smallest absolute Gasteiger partial charge is 0.0948 e. The van der Waals surface area contributed by atoms with Crippen LogP contribution in [0.1, 0.15) is 19.8 Å². The van der Waals surface area contributed by atoms with E-state index in [4.69, 9.17) is 9.47 Å². The Morgan fingerprint density at radius 1 is 1.43 bits per heavy atom. The monoisotopic (exact) mass is 203 g/mol. The van der Waals surface area contributed by atoms with E-state index in [-0.39, 0.29) is 12.1 Å². The minimum atomic E-state index is -0.356. The lowest BCUT2D eigenvalue weighted by Crippen LogP contribution is -2.40. The van der Waals surface area contributed by atoms with Gasteiger partial charge in [0.15, 0.2) is 0 Å². The molecule has 0 saturated carbocycles. The second-order valence-electron chi connectivity index (χ2n) is 3.63. The van der Waals surface area contributed by atoms with Crippen LogP contribution in [0.3, 0.4) is 0 Å². The molecule has 1 saturated heterocycles. The van der Waals surface area contributed by atoms with Crippen molar-refractivity contribution in [3.8, 4) is 0 Å². The van der Waals surface area contributed by atoms with E-state index in [0.29, 0.717) is 19.8 Å². The molecule has 14 heavy (non-hydrogen) atoms. The van der Waals surface area contributed by atoms with Crippen molar-refractivity contribution in [1.82, 2.24) is 5.32 Å². The molecule has 2 atom stereocenters. The average Bonchev–Trinajstić information content (AvgIpc) is 2.58. The Balaban J connectivity index is 1.88. The molecule has 0 aromatic carbocycles. The summed E-state index contributed by atoms with van der Waals surface area (Å²) in [6.45, 7) is 5.54. The number of ether oxygens (including phenoxy) is 2. The van der Waals surface area contributed by atoms with Crippen LogP contribution in [-0.4, -0.2) is 50.2 Å². The van der Waals surface area contributed by atoms with Crippen molar-refractivity contribution in [2.24, 2.45) is 0 Å². The fraction of sp³-hybridized carbons (Fsp3) is 1.00. The molecule has 0 bridgehead atoms. The van der Waals surface area contributed by atoms with Gasteiger partial charge in [-0.1, -0.05) is 13.3 Å². The molecule has 4 nitrogen and oxygen atoms in total. The van der Waals surface area contributed by atoms with Gasteiger partial charge in [0.25, 0.3) is 0 Å². The van der Waals surface area contributed by atoms with Crippen LogP contribution in [0.5, 0.6) is 0 Å². The third kappa shape index (κ3) is 4.37. The Labute approximate surface area is 85.6 Å². The van der Waals surface area contributed by atoms with Gasteiger partial charge < -0.3 is 19.9 Å². The molecule has 0 radical (unpaired) electrons. The van der Waals surface area contributed by atoms with Crippen LogP contribution < -0.4 is 5.32 Å². The number of hydrogen-bond acceptors (Lipinski definition) is 4. The van der Waals surface area contributed by atoms with Crippen molar-refractivity contribution < 1.29 is 14.6 Å². The lowest BCUT2D eigenvalue weighted by molar-refractivity contribution is 0.114. The molecule has 0 amide bonds. The first-order chi connectivity index (χ1) is 6.84. The Hall–Kier alpha value is -0.160. The minimum Gasteiger partial charge on any atom is -0.389 e. The van der Waals surface area contributed by atoms with E-state index in [9.17, 15) is 5.11 Å². The summed E-state index contributed by atoms with van der Waals surface area (Å²) >= 11 is 0. The first-order valence-corrected chi connectivity index (χ1v) is 5.41. The molecule has 1 rings (SSSR count). The summed E-state index contributed by atoms with van der Waals surface area (Å²) < 4.78 is 10.5. The van der Waals surface area contributed by atoms with Gasteiger partial charge in [0.1, 0.15) is 0 Å². The van der Waals surface area contributed by atoms with Gasteiger partial charge in [-0.15, -0.1) is 0 Å². The van der Waals surface area contributed by atoms with Gasteiger partial charge in [-0.25, -0.2) is 0 Å². The van der Waals surface area contributed by atoms with Crippen molar-refractivity contribution in [2.75, 3.05) is 33.0 Å². The van der Waals surface area contributed by atoms with Gasteiger partial charge in [-0.05, 0) is 6.42 Å². The number of nitrogens with one attached hydrogen (secondary N) is 1. The van der Waals surface area contributed by atoms with E-state index >= 15 is 0 Å². The molecule has 0 aromatic rings. The molecule has 4 heteroatoms. The zero-order valence-corrected chi connectivity index (χ0v) is 8.87. The predicted octanol–water partition coefficient (Wildman–Crippen LogP) is 0.152. The highest BCUT2D eigenvalue weighted by molar-refractivity contribution is 4.80. The fourth-order valence-corrected chi connectivity index (χ4v) is 1.40. The fourth-order valence-electron chi connectivity index (χ4n) is 1.40. The summed E-state index contributed by atoms with van der Waals surface area (Å²) in [5, 5.41) is 12.6. The standard InChI is InChI=1S/C10H21NO3/c1-2-3-5-13-6-4-11-9-7-14-8-10(9)12/h9-12H,2-8H2,1H3. The van der Waals surface area contributed by atoms with Crippen LogP contribution in [0.4, 0.5) is 0 Å². The molecule has 1 heterocycles. The van der Waals surface area contributed by atoms with Crippen LogP contribution in [0, 0.1) is 0 Å². The second kappa shape index (κ2) is 7.17. The van der Waals surface area contributed by atoms with E-state index in [1.807, 2.05) is 0 Å². The topological polar surface area (TPSA) is 50.7 Å². The normalized spacial score (nSPS) is 27.0. The minimum absolute atomic E-state index is 0.0878. The highest BCUT2D eigenvalue weighted by Gasteiger charge is 2.24. The lowest BCUT2D eigenvalue weighted by Gasteiger charge is -2.14. The van der Waals surface area contributed by atoms with Gasteiger partial charge in [0.2, 0.25) is 0 Å². The molecule has 0 aliphatic carbocycles. The maximum absolute atomic E-state index is 9.40. The van der Waals surface area contributed by atoms with Crippen molar-refractivity contribution >= 4 is 0 Å². The summed E-state index contributed by atoms with van der Waals surface area (Å²) in [4.78, 5) is 0. The largest absolute Gasteiger partial charge is 0.389 e. The van der Waals surface area contributed by atoms with Crippen molar-refractivity contribution in [1.29, 1.82) is 0 Å². The molecule has 2 unspecified atom stereocenters. The number of aliphatic hydroxyl groups is 1. The van der Waals surface area contributed by atoms with E-state index in [0.717, 1.165) is 19.6 Å². The van der Waals surface area contributed by atoms with Gasteiger partial charge in [0.05, 0.1) is 32.0 Å². The third-order valence-corrected chi connectivity index (χ3v) is 2.35. The highest BCUT2D eigenvalue weighted by atomic mass is 16.5. The summed E-state index contributed by atoms with van der Waals surface area (Å²) in [7, 11) is 0. The number of unbranched alkanes of at least 4 members (excludes halogenated alkanes) is 1. The van der Waals surface area contributed by atoms with Gasteiger partial charge >= 0.3 is 0 Å². The predicted molar refractivity (Wildman–Crippen MR) is 54.3 cm³/mol. The summed E-state index contributed by atoms with van der Waals surface area (Å²) in [6.07, 6.45) is 1.93. The average molecular weight is 203 g/mol. The van der Waals surface area contributed by atoms with Crippen LogP contribution in [-0.2, 0) is 9.47 Å². The van der Waals surface area contributed by atoms with Crippen LogP contribution in [0.2, 0.25) is 0 Å². The van der Waals surface area contributed by atoms with Crippen molar-refractivity contribution in [3.63, 3.8) is 0 Å². The summed E-state index contributed by atoms with van der Waals surface area (Å²) in [5.74, 6) is 0. The highest BCUT2D eigenvalue weighted by Crippen LogP contribution is 2.04. The molecule has 84 valence electrons. The van der Waals surface area contributed by atoms with Crippen molar-refractivity contribution in [2.45, 2.75) is 31.9 Å². The number of aliphatic hydroxyl groups excluding tert-OH is 1. The Kier molecular flexibility index (Phi) is 6.10. The van der Waals surface area contributed by atoms with Crippen LogP contribution >= 0.6 is 0 Å². The first-order valence-electron chi connectivity index (χ1n) is 5.41. The van der Waals surface area contributed by atoms with E-state index < -0.39 is 0 Å². The summed E-state index contributed by atoms with van der Waals surface area (Å²) in [6, 6.07) is 0.0878. The van der Waals surface area contributed by atoms with E-state index in [1.165, 1.54) is 6.42 Å². The zero-order chi connectivity index (χ0) is 10.2. The van der Waals surface area contributed by atoms with Crippen LogP contribution in [0.15, 0.2) is 0 Å². The van der Waals surface area contributed by atoms with Crippen LogP contribution in [0.25, 0.3) is 0 Å². The Bertz CT molecular complexity index is 143.